The fourth-order valence-electron chi connectivity index (χ4n) is 1.35. The van der Waals surface area contributed by atoms with Crippen LogP contribution in [0.1, 0.15) is 0 Å². The van der Waals surface area contributed by atoms with Gasteiger partial charge in [0, 0.05) is 19.6 Å². The minimum absolute atomic E-state index is 0.0125. The highest BCUT2D eigenvalue weighted by Crippen LogP contribution is 2.27. The molecule has 0 aromatic rings. The van der Waals surface area contributed by atoms with Crippen molar-refractivity contribution in [2.75, 3.05) is 39.5 Å². The fraction of sp³-hybridized carbons (Fsp3) is 1.00. The highest BCUT2D eigenvalue weighted by Gasteiger charge is 2.56. The highest BCUT2D eigenvalue weighted by atomic mass is 16.7. The minimum Gasteiger partial charge on any atom is -0.395 e. The SMILES string of the molecule is OCCNC1OC1(NCCO)NCCO. The molecular formula is C8H19N3O4. The Balaban J connectivity index is 2.29. The lowest BCUT2D eigenvalue weighted by atomic mass is 10.4. The fourth-order valence-corrected chi connectivity index (χ4v) is 1.35. The van der Waals surface area contributed by atoms with Gasteiger partial charge in [-0.25, -0.2) is 0 Å². The van der Waals surface area contributed by atoms with Gasteiger partial charge in [-0.1, -0.05) is 0 Å². The quantitative estimate of drug-likeness (QED) is 0.179. The van der Waals surface area contributed by atoms with E-state index in [9.17, 15) is 0 Å². The number of ether oxygens (including phenoxy) is 1. The molecule has 0 aromatic carbocycles. The van der Waals surface area contributed by atoms with Gasteiger partial charge in [-0.05, 0) is 0 Å². The summed E-state index contributed by atoms with van der Waals surface area (Å²) >= 11 is 0. The van der Waals surface area contributed by atoms with Crippen LogP contribution in [0.5, 0.6) is 0 Å². The van der Waals surface area contributed by atoms with Gasteiger partial charge in [0.1, 0.15) is 0 Å². The Labute approximate surface area is 88.4 Å². The van der Waals surface area contributed by atoms with E-state index in [1.54, 1.807) is 0 Å². The summed E-state index contributed by atoms with van der Waals surface area (Å²) in [4.78, 5) is 0. The van der Waals surface area contributed by atoms with E-state index in [4.69, 9.17) is 20.1 Å². The van der Waals surface area contributed by atoms with E-state index in [1.807, 2.05) is 0 Å². The van der Waals surface area contributed by atoms with Crippen LogP contribution >= 0.6 is 0 Å². The zero-order valence-electron chi connectivity index (χ0n) is 8.57. The molecule has 1 aliphatic rings. The van der Waals surface area contributed by atoms with Crippen LogP contribution < -0.4 is 16.0 Å². The first-order valence-electron chi connectivity index (χ1n) is 5.03. The van der Waals surface area contributed by atoms with Crippen molar-refractivity contribution in [2.45, 2.75) is 12.1 Å². The molecule has 1 saturated heterocycles. The average molecular weight is 221 g/mol. The molecular weight excluding hydrogens is 202 g/mol. The number of nitrogens with one attached hydrogen (secondary N) is 3. The maximum absolute atomic E-state index is 8.69. The number of epoxide rings is 1. The molecule has 1 fully saturated rings. The summed E-state index contributed by atoms with van der Waals surface area (Å²) in [6, 6.07) is 0. The molecule has 1 aliphatic heterocycles. The van der Waals surface area contributed by atoms with Crippen molar-refractivity contribution in [3.63, 3.8) is 0 Å². The molecule has 0 aromatic heterocycles. The first-order chi connectivity index (χ1) is 7.29. The zero-order chi connectivity index (χ0) is 11.1. The summed E-state index contributed by atoms with van der Waals surface area (Å²) in [6.07, 6.45) is -0.247. The number of aliphatic hydroxyl groups excluding tert-OH is 3. The number of hydrogen-bond acceptors (Lipinski definition) is 7. The summed E-state index contributed by atoms with van der Waals surface area (Å²) in [6.45, 7) is 1.30. The Bertz CT molecular complexity index is 173. The van der Waals surface area contributed by atoms with Gasteiger partial charge >= 0.3 is 0 Å². The lowest BCUT2D eigenvalue weighted by Gasteiger charge is -2.15. The topological polar surface area (TPSA) is 109 Å². The minimum atomic E-state index is -0.722. The average Bonchev–Trinajstić information content (AvgIpc) is 2.95. The molecule has 6 N–H and O–H groups in total. The van der Waals surface area contributed by atoms with Gasteiger partial charge in [-0.15, -0.1) is 0 Å². The molecule has 1 rings (SSSR count). The third-order valence-electron chi connectivity index (χ3n) is 2.06. The molecule has 0 radical (unpaired) electrons. The summed E-state index contributed by atoms with van der Waals surface area (Å²) in [5.74, 6) is -0.722. The predicted molar refractivity (Wildman–Crippen MR) is 52.9 cm³/mol. The Morgan fingerprint density at radius 1 is 0.933 bits per heavy atom. The van der Waals surface area contributed by atoms with Crippen LogP contribution in [0.15, 0.2) is 0 Å². The lowest BCUT2D eigenvalue weighted by molar-refractivity contribution is 0.174. The van der Waals surface area contributed by atoms with Crippen LogP contribution in [0.2, 0.25) is 0 Å². The van der Waals surface area contributed by atoms with E-state index in [1.165, 1.54) is 0 Å². The van der Waals surface area contributed by atoms with Gasteiger partial charge in [0.2, 0.25) is 5.85 Å². The number of aliphatic hydroxyl groups is 3. The van der Waals surface area contributed by atoms with Crippen molar-refractivity contribution in [2.24, 2.45) is 0 Å². The van der Waals surface area contributed by atoms with Gasteiger partial charge in [0.05, 0.1) is 19.8 Å². The number of hydrogen-bond donors (Lipinski definition) is 6. The van der Waals surface area contributed by atoms with Crippen molar-refractivity contribution in [1.82, 2.24) is 16.0 Å². The van der Waals surface area contributed by atoms with Crippen LogP contribution in [0.3, 0.4) is 0 Å². The molecule has 0 aliphatic carbocycles. The van der Waals surface area contributed by atoms with Gasteiger partial charge < -0.3 is 20.1 Å². The van der Waals surface area contributed by atoms with Crippen LogP contribution in [-0.2, 0) is 4.74 Å². The third-order valence-corrected chi connectivity index (χ3v) is 2.06. The molecule has 0 spiro atoms. The van der Waals surface area contributed by atoms with Crippen LogP contribution in [0.25, 0.3) is 0 Å². The van der Waals surface area contributed by atoms with E-state index in [0.29, 0.717) is 19.6 Å². The smallest absolute Gasteiger partial charge is 0.217 e. The second kappa shape index (κ2) is 6.33. The molecule has 7 nitrogen and oxygen atoms in total. The molecule has 1 atom stereocenters. The molecule has 15 heavy (non-hydrogen) atoms. The van der Waals surface area contributed by atoms with E-state index in [2.05, 4.69) is 16.0 Å². The lowest BCUT2D eigenvalue weighted by Crippen LogP contribution is -2.52. The highest BCUT2D eigenvalue weighted by molar-refractivity contribution is 4.96. The van der Waals surface area contributed by atoms with E-state index < -0.39 is 5.85 Å². The standard InChI is InChI=1S/C8H19N3O4/c12-4-1-9-7-8(15-7,10-2-5-13)11-3-6-14/h7,9-14H,1-6H2. The van der Waals surface area contributed by atoms with Crippen LogP contribution in [-0.4, -0.2) is 66.9 Å². The second-order valence-electron chi connectivity index (χ2n) is 3.21. The van der Waals surface area contributed by atoms with Crippen molar-refractivity contribution < 1.29 is 20.1 Å². The first kappa shape index (κ1) is 12.8. The molecule has 90 valence electrons. The normalized spacial score (nSPS) is 23.0. The molecule has 0 amide bonds. The summed E-state index contributed by atoms with van der Waals surface area (Å²) < 4.78 is 5.34. The Hall–Kier alpha value is -0.280. The predicted octanol–water partition coefficient (Wildman–Crippen LogP) is -3.26. The van der Waals surface area contributed by atoms with Crippen LogP contribution in [0, 0.1) is 0 Å². The summed E-state index contributed by atoms with van der Waals surface area (Å²) in [5, 5.41) is 34.9. The Kier molecular flexibility index (Phi) is 5.40. The molecule has 0 bridgehead atoms. The van der Waals surface area contributed by atoms with Gasteiger partial charge in [-0.2, -0.15) is 0 Å². The molecule has 7 heteroatoms. The maximum Gasteiger partial charge on any atom is 0.217 e. The zero-order valence-corrected chi connectivity index (χ0v) is 8.57. The monoisotopic (exact) mass is 221 g/mol. The van der Waals surface area contributed by atoms with Crippen LogP contribution in [0.4, 0.5) is 0 Å². The Morgan fingerprint density at radius 3 is 1.93 bits per heavy atom. The van der Waals surface area contributed by atoms with Gasteiger partial charge in [0.15, 0.2) is 6.23 Å². The third kappa shape index (κ3) is 3.65. The van der Waals surface area contributed by atoms with E-state index in [0.717, 1.165) is 0 Å². The Morgan fingerprint density at radius 2 is 1.47 bits per heavy atom. The largest absolute Gasteiger partial charge is 0.395 e. The first-order valence-corrected chi connectivity index (χ1v) is 5.03. The van der Waals surface area contributed by atoms with Gasteiger partial charge in [0.25, 0.3) is 0 Å². The van der Waals surface area contributed by atoms with Crippen molar-refractivity contribution in [3.8, 4) is 0 Å². The second-order valence-corrected chi connectivity index (χ2v) is 3.21. The number of rotatable bonds is 9. The summed E-state index contributed by atoms with van der Waals surface area (Å²) in [7, 11) is 0. The van der Waals surface area contributed by atoms with Crippen molar-refractivity contribution in [3.05, 3.63) is 0 Å². The molecule has 1 unspecified atom stereocenters. The molecule has 1 heterocycles. The summed E-state index contributed by atoms with van der Waals surface area (Å²) in [5.41, 5.74) is 0. The van der Waals surface area contributed by atoms with Crippen molar-refractivity contribution >= 4 is 0 Å². The van der Waals surface area contributed by atoms with Crippen molar-refractivity contribution in [1.29, 1.82) is 0 Å². The van der Waals surface area contributed by atoms with Gasteiger partial charge in [-0.3, -0.25) is 16.0 Å². The molecule has 0 saturated carbocycles. The van der Waals surface area contributed by atoms with E-state index >= 15 is 0 Å². The van der Waals surface area contributed by atoms with E-state index in [-0.39, 0.29) is 26.0 Å². The maximum atomic E-state index is 8.69.